The Bertz CT molecular complexity index is 800. The fourth-order valence-electron chi connectivity index (χ4n) is 4.45. The summed E-state index contributed by atoms with van der Waals surface area (Å²) < 4.78 is 0. The molecule has 0 spiro atoms. The number of amides is 1. The molecular formula is C23H32N4O+2. The molecule has 3 N–H and O–H groups in total. The Morgan fingerprint density at radius 2 is 1.93 bits per heavy atom. The molecule has 1 aliphatic heterocycles. The summed E-state index contributed by atoms with van der Waals surface area (Å²) >= 11 is 0. The summed E-state index contributed by atoms with van der Waals surface area (Å²) in [5.41, 5.74) is 4.20. The van der Waals surface area contributed by atoms with Gasteiger partial charge in [0.25, 0.3) is 11.7 Å². The number of fused-ring (bicyclic) bond motifs is 1. The van der Waals surface area contributed by atoms with Crippen LogP contribution in [0.5, 0.6) is 0 Å². The van der Waals surface area contributed by atoms with Gasteiger partial charge < -0.3 is 10.2 Å². The Morgan fingerprint density at radius 1 is 1.14 bits per heavy atom. The van der Waals surface area contributed by atoms with Crippen LogP contribution >= 0.6 is 0 Å². The highest BCUT2D eigenvalue weighted by Crippen LogP contribution is 2.24. The number of nitrogens with zero attached hydrogens (tertiary/aromatic N) is 1. The number of quaternary nitrogens is 1. The average Bonchev–Trinajstić information content (AvgIpc) is 2.74. The summed E-state index contributed by atoms with van der Waals surface area (Å²) in [6, 6.07) is 13.0. The van der Waals surface area contributed by atoms with Gasteiger partial charge in [-0.15, -0.1) is 0 Å². The Labute approximate surface area is 167 Å². The molecule has 1 aromatic heterocycles. The maximum Gasteiger partial charge on any atom is 0.275 e. The lowest BCUT2D eigenvalue weighted by molar-refractivity contribution is -0.892. The van der Waals surface area contributed by atoms with Crippen molar-refractivity contribution in [1.82, 2.24) is 5.32 Å². The molecule has 0 saturated carbocycles. The third kappa shape index (κ3) is 4.53. The Balaban J connectivity index is 1.27. The summed E-state index contributed by atoms with van der Waals surface area (Å²) in [6.45, 7) is 6.59. The number of nitrogens with one attached hydrogen (secondary N) is 3. The van der Waals surface area contributed by atoms with Gasteiger partial charge in [0.2, 0.25) is 0 Å². The van der Waals surface area contributed by atoms with Crippen molar-refractivity contribution >= 4 is 11.7 Å². The molecule has 2 heterocycles. The van der Waals surface area contributed by atoms with Gasteiger partial charge in [0.15, 0.2) is 6.54 Å². The van der Waals surface area contributed by atoms with Crippen molar-refractivity contribution in [2.24, 2.45) is 0 Å². The van der Waals surface area contributed by atoms with Crippen LogP contribution in [-0.4, -0.2) is 38.6 Å². The van der Waals surface area contributed by atoms with E-state index in [1.165, 1.54) is 47.3 Å². The molecule has 1 fully saturated rings. The molecule has 5 nitrogen and oxygen atoms in total. The summed E-state index contributed by atoms with van der Waals surface area (Å²) in [5.74, 6) is 1.31. The number of hydrogen-bond acceptors (Lipinski definition) is 2. The predicted octanol–water partition coefficient (Wildman–Crippen LogP) is 0.962. The van der Waals surface area contributed by atoms with Gasteiger partial charge in [-0.25, -0.2) is 4.98 Å². The van der Waals surface area contributed by atoms with Gasteiger partial charge in [-0.1, -0.05) is 24.3 Å². The summed E-state index contributed by atoms with van der Waals surface area (Å²) in [5, 5.41) is 3.21. The molecule has 0 unspecified atom stereocenters. The molecule has 1 amide bonds. The third-order valence-corrected chi connectivity index (χ3v) is 6.16. The first-order chi connectivity index (χ1) is 13.7. The SMILES string of the molecule is C[C@H](NC(=O)C[NH+]1CCN(c2cccc[nH+]2)CC1)c1ccc2c(c1)CCCC2. The molecular weight excluding hydrogens is 348 g/mol. The quantitative estimate of drug-likeness (QED) is 0.812. The molecule has 1 atom stereocenters. The smallest absolute Gasteiger partial charge is 0.275 e. The van der Waals surface area contributed by atoms with Crippen LogP contribution in [0.25, 0.3) is 0 Å². The molecule has 0 bridgehead atoms. The second-order valence-corrected chi connectivity index (χ2v) is 8.19. The van der Waals surface area contributed by atoms with Crippen molar-refractivity contribution in [1.29, 1.82) is 0 Å². The van der Waals surface area contributed by atoms with Crippen LogP contribution in [0.15, 0.2) is 42.6 Å². The van der Waals surface area contributed by atoms with Crippen LogP contribution in [0.1, 0.15) is 42.5 Å². The number of anilines is 1. The fraction of sp³-hybridized carbons (Fsp3) is 0.478. The number of benzene rings is 1. The van der Waals surface area contributed by atoms with Crippen LogP contribution < -0.4 is 20.1 Å². The molecule has 1 saturated heterocycles. The number of aryl methyl sites for hydroxylation is 2. The third-order valence-electron chi connectivity index (χ3n) is 6.16. The summed E-state index contributed by atoms with van der Waals surface area (Å²) in [6.07, 6.45) is 6.93. The number of aromatic amines is 1. The van der Waals surface area contributed by atoms with Crippen molar-refractivity contribution in [3.8, 4) is 0 Å². The number of rotatable bonds is 5. The summed E-state index contributed by atoms with van der Waals surface area (Å²) in [7, 11) is 0. The van der Waals surface area contributed by atoms with E-state index in [2.05, 4.69) is 52.5 Å². The van der Waals surface area contributed by atoms with Crippen LogP contribution in [0.4, 0.5) is 5.82 Å². The van der Waals surface area contributed by atoms with Crippen LogP contribution in [0.3, 0.4) is 0 Å². The number of carbonyl (C=O) groups is 1. The lowest BCUT2D eigenvalue weighted by Crippen LogP contribution is -3.16. The van der Waals surface area contributed by atoms with Gasteiger partial charge in [0, 0.05) is 6.07 Å². The molecule has 1 aliphatic carbocycles. The highest BCUT2D eigenvalue weighted by atomic mass is 16.2. The van der Waals surface area contributed by atoms with E-state index in [1.54, 1.807) is 0 Å². The zero-order valence-electron chi connectivity index (χ0n) is 16.8. The number of aromatic nitrogens is 1. The molecule has 28 heavy (non-hydrogen) atoms. The van der Waals surface area contributed by atoms with E-state index < -0.39 is 0 Å². The minimum absolute atomic E-state index is 0.0688. The first-order valence-corrected chi connectivity index (χ1v) is 10.7. The van der Waals surface area contributed by atoms with Crippen LogP contribution in [-0.2, 0) is 17.6 Å². The standard InChI is InChI=1S/C23H30N4O/c1-18(20-10-9-19-6-2-3-7-21(19)16-20)25-23(28)17-26-12-14-27(15-13-26)22-8-4-5-11-24-22/h4-5,8-11,16,18H,2-3,6-7,12-15,17H2,1H3,(H,25,28)/p+2/t18-/m0/s1. The number of H-pyrrole nitrogens is 1. The Hall–Kier alpha value is -2.40. The maximum atomic E-state index is 12.6. The van der Waals surface area contributed by atoms with Gasteiger partial charge in [-0.3, -0.25) is 9.69 Å². The second-order valence-electron chi connectivity index (χ2n) is 8.19. The first-order valence-electron chi connectivity index (χ1n) is 10.7. The van der Waals surface area contributed by atoms with Gasteiger partial charge in [0.1, 0.15) is 26.2 Å². The molecule has 1 aromatic carbocycles. The number of hydrogen-bond donors (Lipinski definition) is 2. The van der Waals surface area contributed by atoms with E-state index in [1.807, 2.05) is 12.3 Å². The van der Waals surface area contributed by atoms with E-state index in [4.69, 9.17) is 0 Å². The zero-order chi connectivity index (χ0) is 19.3. The fourth-order valence-corrected chi connectivity index (χ4v) is 4.45. The van der Waals surface area contributed by atoms with Gasteiger partial charge in [0.05, 0.1) is 12.2 Å². The molecule has 2 aromatic rings. The highest BCUT2D eigenvalue weighted by Gasteiger charge is 2.27. The Kier molecular flexibility index (Phi) is 5.91. The minimum Gasteiger partial charge on any atom is -0.345 e. The monoisotopic (exact) mass is 380 g/mol. The number of carbonyl (C=O) groups excluding carboxylic acids is 1. The normalized spacial score (nSPS) is 18.4. The molecule has 5 heteroatoms. The molecule has 148 valence electrons. The first kappa shape index (κ1) is 18.9. The molecule has 0 radical (unpaired) electrons. The van der Waals surface area contributed by atoms with Gasteiger partial charge >= 0.3 is 0 Å². The lowest BCUT2D eigenvalue weighted by atomic mass is 9.89. The van der Waals surface area contributed by atoms with Crippen molar-refractivity contribution < 1.29 is 14.7 Å². The van der Waals surface area contributed by atoms with Gasteiger partial charge in [-0.2, -0.15) is 0 Å². The summed E-state index contributed by atoms with van der Waals surface area (Å²) in [4.78, 5) is 19.6. The predicted molar refractivity (Wildman–Crippen MR) is 110 cm³/mol. The van der Waals surface area contributed by atoms with Crippen LogP contribution in [0.2, 0.25) is 0 Å². The van der Waals surface area contributed by atoms with Crippen molar-refractivity contribution in [2.45, 2.75) is 38.6 Å². The second kappa shape index (κ2) is 8.74. The van der Waals surface area contributed by atoms with Crippen LogP contribution in [0, 0.1) is 0 Å². The van der Waals surface area contributed by atoms with Crippen molar-refractivity contribution in [3.05, 3.63) is 59.3 Å². The van der Waals surface area contributed by atoms with E-state index in [-0.39, 0.29) is 11.9 Å². The van der Waals surface area contributed by atoms with E-state index in [9.17, 15) is 4.79 Å². The largest absolute Gasteiger partial charge is 0.345 e. The molecule has 2 aliphatic rings. The van der Waals surface area contributed by atoms with Crippen molar-refractivity contribution in [3.63, 3.8) is 0 Å². The van der Waals surface area contributed by atoms with Crippen molar-refractivity contribution in [2.75, 3.05) is 37.6 Å². The van der Waals surface area contributed by atoms with Gasteiger partial charge in [-0.05, 0) is 55.4 Å². The topological polar surface area (TPSA) is 50.9 Å². The number of pyridine rings is 1. The lowest BCUT2D eigenvalue weighted by Gasteiger charge is -2.28. The highest BCUT2D eigenvalue weighted by molar-refractivity contribution is 5.77. The van der Waals surface area contributed by atoms with E-state index >= 15 is 0 Å². The maximum absolute atomic E-state index is 12.6. The minimum atomic E-state index is 0.0688. The number of piperazine rings is 1. The van der Waals surface area contributed by atoms with E-state index in [0.29, 0.717) is 6.54 Å². The zero-order valence-corrected chi connectivity index (χ0v) is 16.8. The van der Waals surface area contributed by atoms with E-state index in [0.717, 1.165) is 32.0 Å². The Morgan fingerprint density at radius 3 is 2.68 bits per heavy atom. The molecule has 4 rings (SSSR count). The average molecular weight is 381 g/mol.